The molecule has 1 aliphatic heterocycles. The molecule has 0 N–H and O–H groups in total. The quantitative estimate of drug-likeness (QED) is 0.698. The number of hydrogen-bond donors (Lipinski definition) is 0. The molecule has 0 saturated carbocycles. The molecule has 1 fully saturated rings. The minimum Gasteiger partial charge on any atom is -0.492 e. The first-order valence-corrected chi connectivity index (χ1v) is 9.78. The Morgan fingerprint density at radius 2 is 2.07 bits per heavy atom. The first kappa shape index (κ1) is 19.5. The van der Waals surface area contributed by atoms with Crippen molar-refractivity contribution < 1.29 is 18.7 Å². The molecule has 0 radical (unpaired) electrons. The lowest BCUT2D eigenvalue weighted by atomic mass is 9.96. The molecule has 27 heavy (non-hydrogen) atoms. The summed E-state index contributed by atoms with van der Waals surface area (Å²) in [4.78, 5) is 28.6. The van der Waals surface area contributed by atoms with Gasteiger partial charge >= 0.3 is 0 Å². The van der Waals surface area contributed by atoms with E-state index in [-0.39, 0.29) is 17.7 Å². The topological polar surface area (TPSA) is 63.0 Å². The molecule has 0 bridgehead atoms. The number of hydrogen-bond acceptors (Lipinski definition) is 4. The zero-order valence-electron chi connectivity index (χ0n) is 15.3. The Kier molecular flexibility index (Phi) is 6.55. The predicted octanol–water partition coefficient (Wildman–Crippen LogP) is 3.43. The van der Waals surface area contributed by atoms with Gasteiger partial charge in [0, 0.05) is 24.6 Å². The monoisotopic (exact) mass is 434 g/mol. The second kappa shape index (κ2) is 9.08. The molecule has 0 unspecified atom stereocenters. The number of halogens is 1. The molecule has 7 heteroatoms. The lowest BCUT2D eigenvalue weighted by Gasteiger charge is -2.33. The maximum Gasteiger partial charge on any atom is 0.257 e. The molecule has 1 saturated heterocycles. The summed E-state index contributed by atoms with van der Waals surface area (Å²) >= 11 is 3.39. The fourth-order valence-electron chi connectivity index (χ4n) is 3.19. The van der Waals surface area contributed by atoms with Gasteiger partial charge in [0.25, 0.3) is 5.91 Å². The minimum absolute atomic E-state index is 0.0547. The maximum atomic E-state index is 12.7. The summed E-state index contributed by atoms with van der Waals surface area (Å²) in [5.74, 6) is 0.572. The molecule has 2 amide bonds. The highest BCUT2D eigenvalue weighted by molar-refractivity contribution is 9.10. The highest BCUT2D eigenvalue weighted by Gasteiger charge is 2.30. The van der Waals surface area contributed by atoms with Crippen molar-refractivity contribution in [2.75, 3.05) is 33.3 Å². The van der Waals surface area contributed by atoms with Gasteiger partial charge in [0.1, 0.15) is 18.6 Å². The van der Waals surface area contributed by atoms with Gasteiger partial charge in [-0.1, -0.05) is 15.9 Å². The largest absolute Gasteiger partial charge is 0.492 e. The molecule has 1 atom stereocenters. The van der Waals surface area contributed by atoms with Crippen LogP contribution in [0.1, 0.15) is 23.2 Å². The molecule has 144 valence electrons. The third kappa shape index (κ3) is 5.13. The van der Waals surface area contributed by atoms with Gasteiger partial charge in [0.2, 0.25) is 5.91 Å². The Morgan fingerprint density at radius 3 is 2.78 bits per heavy atom. The summed E-state index contributed by atoms with van der Waals surface area (Å²) in [6, 6.07) is 9.24. The molecular formula is C20H23BrN2O4. The van der Waals surface area contributed by atoms with Crippen LogP contribution < -0.4 is 4.74 Å². The minimum atomic E-state index is -0.174. The molecule has 2 aromatic rings. The summed E-state index contributed by atoms with van der Waals surface area (Å²) in [6.07, 6.45) is 4.55. The van der Waals surface area contributed by atoms with E-state index in [9.17, 15) is 9.59 Å². The van der Waals surface area contributed by atoms with Gasteiger partial charge in [-0.25, -0.2) is 0 Å². The van der Waals surface area contributed by atoms with Crippen molar-refractivity contribution >= 4 is 27.7 Å². The number of nitrogens with zero attached hydrogens (tertiary/aromatic N) is 2. The van der Waals surface area contributed by atoms with E-state index >= 15 is 0 Å². The molecule has 1 aliphatic rings. The molecule has 0 aliphatic carbocycles. The molecule has 1 aromatic carbocycles. The third-order valence-electron chi connectivity index (χ3n) is 4.71. The van der Waals surface area contributed by atoms with Crippen molar-refractivity contribution in [3.63, 3.8) is 0 Å². The number of amides is 2. The zero-order chi connectivity index (χ0) is 19.2. The van der Waals surface area contributed by atoms with Crippen LogP contribution in [-0.2, 0) is 4.79 Å². The molecule has 6 nitrogen and oxygen atoms in total. The Morgan fingerprint density at radius 1 is 1.30 bits per heavy atom. The third-order valence-corrected chi connectivity index (χ3v) is 5.24. The number of carbonyl (C=O) groups is 2. The number of likely N-dealkylation sites (N-methyl/N-ethyl adjacent to an activating group) is 1. The van der Waals surface area contributed by atoms with Crippen LogP contribution in [0.15, 0.2) is 51.7 Å². The fraction of sp³-hybridized carbons (Fsp3) is 0.400. The summed E-state index contributed by atoms with van der Waals surface area (Å²) in [6.45, 7) is 2.04. The lowest BCUT2D eigenvalue weighted by Crippen LogP contribution is -2.46. The summed E-state index contributed by atoms with van der Waals surface area (Å²) in [7, 11) is 1.78. The number of rotatable bonds is 6. The number of piperidine rings is 1. The smallest absolute Gasteiger partial charge is 0.257 e. The van der Waals surface area contributed by atoms with E-state index in [1.54, 1.807) is 22.9 Å². The van der Waals surface area contributed by atoms with E-state index in [4.69, 9.17) is 9.15 Å². The maximum absolute atomic E-state index is 12.7. The van der Waals surface area contributed by atoms with Crippen molar-refractivity contribution in [3.05, 3.63) is 52.9 Å². The van der Waals surface area contributed by atoms with Crippen LogP contribution in [0.4, 0.5) is 0 Å². The predicted molar refractivity (Wildman–Crippen MR) is 105 cm³/mol. The summed E-state index contributed by atoms with van der Waals surface area (Å²) in [5.41, 5.74) is 0.527. The Labute approximate surface area is 167 Å². The van der Waals surface area contributed by atoms with Crippen LogP contribution in [0.3, 0.4) is 0 Å². The number of benzene rings is 1. The fourth-order valence-corrected chi connectivity index (χ4v) is 3.45. The highest BCUT2D eigenvalue weighted by Crippen LogP contribution is 2.21. The molecular weight excluding hydrogens is 412 g/mol. The van der Waals surface area contributed by atoms with Crippen molar-refractivity contribution in [1.82, 2.24) is 9.80 Å². The Hall–Kier alpha value is -2.28. The van der Waals surface area contributed by atoms with E-state index in [0.717, 1.165) is 23.1 Å². The molecule has 2 heterocycles. The van der Waals surface area contributed by atoms with Gasteiger partial charge in [-0.3, -0.25) is 9.59 Å². The van der Waals surface area contributed by atoms with Gasteiger partial charge in [-0.05, 0) is 43.2 Å². The van der Waals surface area contributed by atoms with Crippen LogP contribution in [0.5, 0.6) is 5.75 Å². The van der Waals surface area contributed by atoms with E-state index in [2.05, 4.69) is 15.9 Å². The SMILES string of the molecule is CN(CCOc1ccc(Br)cc1)C(=O)[C@@H]1CCCN(C(=O)c2ccoc2)C1. The Bertz CT molecular complexity index is 761. The zero-order valence-corrected chi connectivity index (χ0v) is 16.9. The van der Waals surface area contributed by atoms with E-state index < -0.39 is 0 Å². The normalized spacial score (nSPS) is 16.8. The molecule has 3 rings (SSSR count). The number of likely N-dealkylation sites (tertiary alicyclic amines) is 1. The summed E-state index contributed by atoms with van der Waals surface area (Å²) < 4.78 is 11.7. The van der Waals surface area contributed by atoms with E-state index in [1.165, 1.54) is 12.5 Å². The van der Waals surface area contributed by atoms with Crippen molar-refractivity contribution in [2.24, 2.45) is 5.92 Å². The summed E-state index contributed by atoms with van der Waals surface area (Å²) in [5, 5.41) is 0. The standard InChI is InChI=1S/C20H23BrN2O4/c1-22(10-12-27-18-6-4-17(21)5-7-18)19(24)15-3-2-9-23(13-15)20(25)16-8-11-26-14-16/h4-8,11,14-15H,2-3,9-10,12-13H2,1H3/t15-/m1/s1. The van der Waals surface area contributed by atoms with E-state index in [0.29, 0.717) is 31.8 Å². The highest BCUT2D eigenvalue weighted by atomic mass is 79.9. The van der Waals surface area contributed by atoms with Gasteiger partial charge in [0.15, 0.2) is 0 Å². The van der Waals surface area contributed by atoms with Crippen molar-refractivity contribution in [1.29, 1.82) is 0 Å². The van der Waals surface area contributed by atoms with E-state index in [1.807, 2.05) is 24.3 Å². The van der Waals surface area contributed by atoms with Crippen LogP contribution in [0, 0.1) is 5.92 Å². The number of furan rings is 1. The first-order valence-electron chi connectivity index (χ1n) is 8.99. The average Bonchev–Trinajstić information content (AvgIpc) is 3.23. The van der Waals surface area contributed by atoms with Crippen LogP contribution >= 0.6 is 15.9 Å². The van der Waals surface area contributed by atoms with Crippen LogP contribution in [0.2, 0.25) is 0 Å². The van der Waals surface area contributed by atoms with Gasteiger partial charge in [-0.2, -0.15) is 0 Å². The van der Waals surface area contributed by atoms with Crippen molar-refractivity contribution in [3.8, 4) is 5.75 Å². The molecule has 0 spiro atoms. The van der Waals surface area contributed by atoms with Crippen molar-refractivity contribution in [2.45, 2.75) is 12.8 Å². The first-order chi connectivity index (χ1) is 13.0. The number of carbonyl (C=O) groups excluding carboxylic acids is 2. The van der Waals surface area contributed by atoms with Gasteiger partial charge in [-0.15, -0.1) is 0 Å². The van der Waals surface area contributed by atoms with Crippen LogP contribution in [0.25, 0.3) is 0 Å². The van der Waals surface area contributed by atoms with Gasteiger partial charge < -0.3 is 19.0 Å². The van der Waals surface area contributed by atoms with Crippen LogP contribution in [-0.4, -0.2) is 54.9 Å². The molecule has 1 aromatic heterocycles. The lowest BCUT2D eigenvalue weighted by molar-refractivity contribution is -0.135. The number of ether oxygens (including phenoxy) is 1. The Balaban J connectivity index is 1.48. The average molecular weight is 435 g/mol. The second-order valence-electron chi connectivity index (χ2n) is 6.66. The van der Waals surface area contributed by atoms with Gasteiger partial charge in [0.05, 0.1) is 24.3 Å². The second-order valence-corrected chi connectivity index (χ2v) is 7.58.